The molecular weight excluding hydrogens is 387 g/mol. The summed E-state index contributed by atoms with van der Waals surface area (Å²) in [4.78, 5) is 36.1. The van der Waals surface area contributed by atoms with Crippen molar-refractivity contribution >= 4 is 30.4 Å². The van der Waals surface area contributed by atoms with Gasteiger partial charge < -0.3 is 20.5 Å². The largest absolute Gasteiger partial charge is 0.493 e. The monoisotopic (exact) mass is 414 g/mol. The van der Waals surface area contributed by atoms with Crippen LogP contribution in [0, 0.1) is 11.7 Å². The predicted molar refractivity (Wildman–Crippen MR) is 106 cm³/mol. The Bertz CT molecular complexity index is 694. The average molecular weight is 414 g/mol. The van der Waals surface area contributed by atoms with Crippen LogP contribution < -0.4 is 15.4 Å². The van der Waals surface area contributed by atoms with Gasteiger partial charge in [-0.1, -0.05) is 13.8 Å². The second-order valence-electron chi connectivity index (χ2n) is 7.26. The van der Waals surface area contributed by atoms with Crippen molar-refractivity contribution in [2.24, 2.45) is 5.92 Å². The lowest BCUT2D eigenvalue weighted by Gasteiger charge is -2.29. The first kappa shape index (κ1) is 23.7. The highest BCUT2D eigenvalue weighted by Gasteiger charge is 2.34. The van der Waals surface area contributed by atoms with Crippen LogP contribution in [-0.4, -0.2) is 46.3 Å². The molecule has 1 rings (SSSR count). The van der Waals surface area contributed by atoms with Gasteiger partial charge in [0.05, 0.1) is 11.9 Å². The van der Waals surface area contributed by atoms with Gasteiger partial charge >= 0.3 is 5.97 Å². The molecule has 7 nitrogen and oxygen atoms in total. The third kappa shape index (κ3) is 7.38. The molecule has 2 amide bonds. The molecule has 28 heavy (non-hydrogen) atoms. The summed E-state index contributed by atoms with van der Waals surface area (Å²) in [6.07, 6.45) is -0.0103. The van der Waals surface area contributed by atoms with Crippen LogP contribution in [0.1, 0.15) is 34.1 Å². The SMILES string of the molecule is CC(C)[C@@H](S)C(=O)NC(C)(C)C(=O)N[C@@H](CCOc1ccc(F)cc1)C(=O)O. The standard InChI is InChI=1S/C19H27FN2O5S/c1-11(2)15(28)16(23)22-19(3,4)18(26)21-14(17(24)25)9-10-27-13-7-5-12(20)6-8-13/h5-8,11,14-15,28H,9-10H2,1-4H3,(H,21,26)(H,22,23)(H,24,25)/t14-,15+/m0/s1. The molecule has 0 radical (unpaired) electrons. The third-order valence-corrected chi connectivity index (χ3v) is 4.83. The molecule has 0 aliphatic carbocycles. The van der Waals surface area contributed by atoms with Crippen molar-refractivity contribution in [1.29, 1.82) is 0 Å². The Kier molecular flexibility index (Phi) is 8.74. The lowest BCUT2D eigenvalue weighted by atomic mass is 10.0. The van der Waals surface area contributed by atoms with Crippen LogP contribution in [0.2, 0.25) is 0 Å². The number of benzene rings is 1. The van der Waals surface area contributed by atoms with E-state index in [2.05, 4.69) is 23.3 Å². The van der Waals surface area contributed by atoms with Gasteiger partial charge in [0.1, 0.15) is 23.1 Å². The van der Waals surface area contributed by atoms with Crippen molar-refractivity contribution in [3.8, 4) is 5.75 Å². The summed E-state index contributed by atoms with van der Waals surface area (Å²) in [7, 11) is 0. The van der Waals surface area contributed by atoms with E-state index in [0.29, 0.717) is 5.75 Å². The van der Waals surface area contributed by atoms with Crippen molar-refractivity contribution in [3.05, 3.63) is 30.1 Å². The summed E-state index contributed by atoms with van der Waals surface area (Å²) in [6, 6.07) is 4.09. The minimum absolute atomic E-state index is 0.00172. The number of thiol groups is 1. The van der Waals surface area contributed by atoms with E-state index in [9.17, 15) is 23.9 Å². The molecule has 3 N–H and O–H groups in total. The average Bonchev–Trinajstić information content (AvgIpc) is 2.60. The van der Waals surface area contributed by atoms with Gasteiger partial charge in [0, 0.05) is 6.42 Å². The Morgan fingerprint density at radius 3 is 2.29 bits per heavy atom. The van der Waals surface area contributed by atoms with Gasteiger partial charge in [-0.25, -0.2) is 9.18 Å². The van der Waals surface area contributed by atoms with Gasteiger partial charge in [-0.3, -0.25) is 9.59 Å². The Hall–Kier alpha value is -2.29. The van der Waals surface area contributed by atoms with Crippen LogP contribution >= 0.6 is 12.6 Å². The molecule has 0 saturated heterocycles. The number of aliphatic carboxylic acids is 1. The number of carboxylic acid groups (broad SMARTS) is 1. The summed E-state index contributed by atoms with van der Waals surface area (Å²) < 4.78 is 18.2. The molecule has 2 atom stereocenters. The normalized spacial score (nSPS) is 13.5. The van der Waals surface area contributed by atoms with E-state index in [1.807, 2.05) is 13.8 Å². The van der Waals surface area contributed by atoms with Crippen molar-refractivity contribution in [2.75, 3.05) is 6.61 Å². The lowest BCUT2D eigenvalue weighted by Crippen LogP contribution is -2.59. The molecule has 0 fully saturated rings. The number of rotatable bonds is 10. The fraction of sp³-hybridized carbons (Fsp3) is 0.526. The second-order valence-corrected chi connectivity index (χ2v) is 7.81. The molecule has 0 aromatic heterocycles. The molecule has 1 aromatic carbocycles. The number of ether oxygens (including phenoxy) is 1. The molecule has 9 heteroatoms. The Morgan fingerprint density at radius 1 is 1.21 bits per heavy atom. The van der Waals surface area contributed by atoms with E-state index in [-0.39, 0.29) is 18.9 Å². The molecule has 0 heterocycles. The van der Waals surface area contributed by atoms with Crippen LogP contribution in [0.4, 0.5) is 4.39 Å². The molecule has 0 bridgehead atoms. The topological polar surface area (TPSA) is 105 Å². The molecule has 0 spiro atoms. The van der Waals surface area contributed by atoms with Gasteiger partial charge in [0.2, 0.25) is 11.8 Å². The molecular formula is C19H27FN2O5S. The molecule has 1 aromatic rings. The number of nitrogens with one attached hydrogen (secondary N) is 2. The molecule has 0 aliphatic heterocycles. The van der Waals surface area contributed by atoms with E-state index < -0.39 is 40.4 Å². The number of halogens is 1. The van der Waals surface area contributed by atoms with Gasteiger partial charge in [-0.2, -0.15) is 12.6 Å². The zero-order chi connectivity index (χ0) is 21.5. The van der Waals surface area contributed by atoms with Gasteiger partial charge in [-0.05, 0) is 44.0 Å². The summed E-state index contributed by atoms with van der Waals surface area (Å²) >= 11 is 4.21. The zero-order valence-corrected chi connectivity index (χ0v) is 17.3. The van der Waals surface area contributed by atoms with Crippen molar-refractivity contribution in [1.82, 2.24) is 10.6 Å². The molecule has 156 valence electrons. The van der Waals surface area contributed by atoms with E-state index in [0.717, 1.165) is 0 Å². The smallest absolute Gasteiger partial charge is 0.326 e. The van der Waals surface area contributed by atoms with Crippen LogP contribution in [0.5, 0.6) is 5.75 Å². The summed E-state index contributed by atoms with van der Waals surface area (Å²) in [5.41, 5.74) is -1.32. The number of carbonyl (C=O) groups excluding carboxylic acids is 2. The summed E-state index contributed by atoms with van der Waals surface area (Å²) in [6.45, 7) is 6.61. The Morgan fingerprint density at radius 2 is 1.79 bits per heavy atom. The lowest BCUT2D eigenvalue weighted by molar-refractivity contribution is -0.143. The maximum Gasteiger partial charge on any atom is 0.326 e. The molecule has 0 unspecified atom stereocenters. The number of hydrogen-bond donors (Lipinski definition) is 4. The van der Waals surface area contributed by atoms with E-state index >= 15 is 0 Å². The minimum Gasteiger partial charge on any atom is -0.493 e. The maximum atomic E-state index is 12.9. The predicted octanol–water partition coefficient (Wildman–Crippen LogP) is 2.01. The van der Waals surface area contributed by atoms with Crippen LogP contribution in [0.15, 0.2) is 24.3 Å². The van der Waals surface area contributed by atoms with E-state index in [1.54, 1.807) is 0 Å². The van der Waals surface area contributed by atoms with Crippen LogP contribution in [-0.2, 0) is 14.4 Å². The summed E-state index contributed by atoms with van der Waals surface area (Å²) in [5, 5.41) is 13.7. The number of amides is 2. The summed E-state index contributed by atoms with van der Waals surface area (Å²) in [5.74, 6) is -2.33. The van der Waals surface area contributed by atoms with E-state index in [1.165, 1.54) is 38.1 Å². The minimum atomic E-state index is -1.32. The first-order valence-corrected chi connectivity index (χ1v) is 9.38. The fourth-order valence-corrected chi connectivity index (χ4v) is 2.23. The highest BCUT2D eigenvalue weighted by atomic mass is 32.1. The van der Waals surface area contributed by atoms with Crippen molar-refractivity contribution in [3.63, 3.8) is 0 Å². The zero-order valence-electron chi connectivity index (χ0n) is 16.4. The Balaban J connectivity index is 2.63. The van der Waals surface area contributed by atoms with E-state index in [4.69, 9.17) is 4.74 Å². The third-order valence-electron chi connectivity index (χ3n) is 4.00. The van der Waals surface area contributed by atoms with Crippen LogP contribution in [0.3, 0.4) is 0 Å². The Labute approximate surface area is 169 Å². The second kappa shape index (κ2) is 10.3. The van der Waals surface area contributed by atoms with Gasteiger partial charge in [0.25, 0.3) is 0 Å². The molecule has 0 aliphatic rings. The van der Waals surface area contributed by atoms with Crippen molar-refractivity contribution in [2.45, 2.75) is 50.9 Å². The fourth-order valence-electron chi connectivity index (χ4n) is 2.16. The highest BCUT2D eigenvalue weighted by Crippen LogP contribution is 2.13. The number of carbonyl (C=O) groups is 3. The van der Waals surface area contributed by atoms with Gasteiger partial charge in [0.15, 0.2) is 0 Å². The quantitative estimate of drug-likeness (QED) is 0.439. The molecule has 0 saturated carbocycles. The first-order valence-electron chi connectivity index (χ1n) is 8.86. The number of hydrogen-bond acceptors (Lipinski definition) is 5. The maximum absolute atomic E-state index is 12.9. The number of carboxylic acids is 1. The van der Waals surface area contributed by atoms with Crippen LogP contribution in [0.25, 0.3) is 0 Å². The van der Waals surface area contributed by atoms with Crippen molar-refractivity contribution < 1.29 is 28.6 Å². The highest BCUT2D eigenvalue weighted by molar-refractivity contribution is 7.81. The first-order chi connectivity index (χ1) is 12.9. The van der Waals surface area contributed by atoms with Gasteiger partial charge in [-0.15, -0.1) is 0 Å².